The predicted octanol–water partition coefficient (Wildman–Crippen LogP) is 3.94. The molecular weight excluding hydrogens is 220 g/mol. The molecule has 96 valence electrons. The van der Waals surface area contributed by atoms with Crippen LogP contribution >= 0.6 is 0 Å². The van der Waals surface area contributed by atoms with Gasteiger partial charge in [-0.2, -0.15) is 0 Å². The molecule has 2 nitrogen and oxygen atoms in total. The van der Waals surface area contributed by atoms with E-state index in [-0.39, 0.29) is 0 Å². The summed E-state index contributed by atoms with van der Waals surface area (Å²) in [6.45, 7) is 3.38. The van der Waals surface area contributed by atoms with Gasteiger partial charge in [-0.1, -0.05) is 31.5 Å². The number of fused-ring (bicyclic) bond motifs is 3. The summed E-state index contributed by atoms with van der Waals surface area (Å²) in [5, 5.41) is 5.13. The molecule has 2 heteroatoms. The maximum Gasteiger partial charge on any atom is 0.0476 e. The van der Waals surface area contributed by atoms with Gasteiger partial charge in [0.25, 0.3) is 0 Å². The van der Waals surface area contributed by atoms with Crippen molar-refractivity contribution in [2.45, 2.75) is 45.1 Å². The van der Waals surface area contributed by atoms with Crippen LogP contribution in [0.4, 0.5) is 0 Å². The van der Waals surface area contributed by atoms with E-state index < -0.39 is 0 Å². The van der Waals surface area contributed by atoms with Crippen molar-refractivity contribution in [1.82, 2.24) is 10.3 Å². The number of hydrogen-bond acceptors (Lipinski definition) is 1. The van der Waals surface area contributed by atoms with E-state index in [0.29, 0.717) is 6.04 Å². The normalized spacial score (nSPS) is 19.1. The van der Waals surface area contributed by atoms with Crippen LogP contribution in [-0.4, -0.2) is 11.5 Å². The molecule has 1 heterocycles. The van der Waals surface area contributed by atoms with Gasteiger partial charge in [0, 0.05) is 22.6 Å². The van der Waals surface area contributed by atoms with E-state index in [1.54, 1.807) is 5.56 Å². The van der Waals surface area contributed by atoms with Crippen LogP contribution in [0.2, 0.25) is 0 Å². The fourth-order valence-electron chi connectivity index (χ4n) is 3.07. The Balaban J connectivity index is 1.90. The molecule has 18 heavy (non-hydrogen) atoms. The van der Waals surface area contributed by atoms with Crippen LogP contribution in [0.25, 0.3) is 10.9 Å². The zero-order valence-corrected chi connectivity index (χ0v) is 11.1. The molecule has 2 aromatic rings. The smallest absolute Gasteiger partial charge is 0.0476 e. The van der Waals surface area contributed by atoms with E-state index in [9.17, 15) is 0 Å². The SMILES string of the molecule is CCCCNC1CCCc2c1[nH]c1ccccc21. The molecule has 1 aliphatic rings. The number of hydrogen-bond donors (Lipinski definition) is 2. The quantitative estimate of drug-likeness (QED) is 0.781. The summed E-state index contributed by atoms with van der Waals surface area (Å²) in [6.07, 6.45) is 6.33. The Morgan fingerprint density at radius 3 is 3.11 bits per heavy atom. The van der Waals surface area contributed by atoms with Crippen molar-refractivity contribution < 1.29 is 0 Å². The molecule has 0 saturated heterocycles. The Kier molecular flexibility index (Phi) is 3.37. The first kappa shape index (κ1) is 11.8. The van der Waals surface area contributed by atoms with E-state index in [4.69, 9.17) is 0 Å². The van der Waals surface area contributed by atoms with Gasteiger partial charge in [-0.15, -0.1) is 0 Å². The van der Waals surface area contributed by atoms with E-state index in [1.807, 2.05) is 0 Å². The summed E-state index contributed by atoms with van der Waals surface area (Å²) in [5.74, 6) is 0. The lowest BCUT2D eigenvalue weighted by atomic mass is 9.91. The summed E-state index contributed by atoms with van der Waals surface area (Å²) in [5.41, 5.74) is 4.29. The van der Waals surface area contributed by atoms with Gasteiger partial charge in [-0.25, -0.2) is 0 Å². The lowest BCUT2D eigenvalue weighted by molar-refractivity contribution is 0.448. The number of benzene rings is 1. The number of unbranched alkanes of at least 4 members (excludes halogenated alkanes) is 1. The summed E-state index contributed by atoms with van der Waals surface area (Å²) in [7, 11) is 0. The molecule has 1 aromatic heterocycles. The van der Waals surface area contributed by atoms with E-state index in [1.165, 1.54) is 48.7 Å². The maximum absolute atomic E-state index is 3.71. The Labute approximate surface area is 109 Å². The van der Waals surface area contributed by atoms with E-state index >= 15 is 0 Å². The Bertz CT molecular complexity index is 527. The van der Waals surface area contributed by atoms with Crippen molar-refractivity contribution in [2.75, 3.05) is 6.54 Å². The highest BCUT2D eigenvalue weighted by Crippen LogP contribution is 2.34. The van der Waals surface area contributed by atoms with E-state index in [0.717, 1.165) is 6.54 Å². The van der Waals surface area contributed by atoms with Gasteiger partial charge in [0.1, 0.15) is 0 Å². The zero-order valence-electron chi connectivity index (χ0n) is 11.1. The molecule has 0 saturated carbocycles. The molecule has 0 fully saturated rings. The number of H-pyrrole nitrogens is 1. The van der Waals surface area contributed by atoms with Crippen LogP contribution in [0.15, 0.2) is 24.3 Å². The van der Waals surface area contributed by atoms with Gasteiger partial charge in [-0.05, 0) is 43.9 Å². The molecule has 0 spiro atoms. The first-order valence-corrected chi connectivity index (χ1v) is 7.23. The Hall–Kier alpha value is -1.28. The van der Waals surface area contributed by atoms with Crippen molar-refractivity contribution in [2.24, 2.45) is 0 Å². The van der Waals surface area contributed by atoms with Gasteiger partial charge >= 0.3 is 0 Å². The highest BCUT2D eigenvalue weighted by molar-refractivity contribution is 5.85. The third-order valence-corrected chi connectivity index (χ3v) is 4.04. The minimum atomic E-state index is 0.535. The first-order chi connectivity index (χ1) is 8.90. The number of para-hydroxylation sites is 1. The third-order valence-electron chi connectivity index (χ3n) is 4.04. The van der Waals surface area contributed by atoms with Gasteiger partial charge in [0.15, 0.2) is 0 Å². The molecule has 1 aromatic carbocycles. The Morgan fingerprint density at radius 2 is 2.22 bits per heavy atom. The van der Waals surface area contributed by atoms with Gasteiger partial charge in [0.05, 0.1) is 0 Å². The maximum atomic E-state index is 3.71. The summed E-state index contributed by atoms with van der Waals surface area (Å²) in [4.78, 5) is 3.63. The minimum absolute atomic E-state index is 0.535. The number of aromatic nitrogens is 1. The van der Waals surface area contributed by atoms with E-state index in [2.05, 4.69) is 41.5 Å². The molecule has 1 unspecified atom stereocenters. The van der Waals surface area contributed by atoms with Gasteiger partial charge in [-0.3, -0.25) is 0 Å². The first-order valence-electron chi connectivity index (χ1n) is 7.23. The van der Waals surface area contributed by atoms with Crippen molar-refractivity contribution in [1.29, 1.82) is 0 Å². The number of nitrogens with one attached hydrogen (secondary N) is 2. The molecule has 1 atom stereocenters. The fraction of sp³-hybridized carbons (Fsp3) is 0.500. The average molecular weight is 242 g/mol. The second-order valence-corrected chi connectivity index (χ2v) is 5.32. The third kappa shape index (κ3) is 2.05. The molecule has 0 amide bonds. The van der Waals surface area contributed by atoms with Crippen LogP contribution in [0.1, 0.15) is 49.9 Å². The average Bonchev–Trinajstić information content (AvgIpc) is 2.79. The van der Waals surface area contributed by atoms with Crippen molar-refractivity contribution in [3.05, 3.63) is 35.5 Å². The zero-order chi connectivity index (χ0) is 12.4. The predicted molar refractivity (Wildman–Crippen MR) is 76.9 cm³/mol. The molecule has 2 N–H and O–H groups in total. The van der Waals surface area contributed by atoms with Crippen LogP contribution < -0.4 is 5.32 Å². The lowest BCUT2D eigenvalue weighted by Crippen LogP contribution is -2.26. The highest BCUT2D eigenvalue weighted by Gasteiger charge is 2.23. The topological polar surface area (TPSA) is 27.8 Å². The largest absolute Gasteiger partial charge is 0.357 e. The summed E-state index contributed by atoms with van der Waals surface area (Å²) < 4.78 is 0. The number of aryl methyl sites for hydroxylation is 1. The summed E-state index contributed by atoms with van der Waals surface area (Å²) >= 11 is 0. The van der Waals surface area contributed by atoms with Crippen LogP contribution in [0.3, 0.4) is 0 Å². The Morgan fingerprint density at radius 1 is 1.33 bits per heavy atom. The highest BCUT2D eigenvalue weighted by atomic mass is 14.9. The van der Waals surface area contributed by atoms with Crippen molar-refractivity contribution in [3.63, 3.8) is 0 Å². The van der Waals surface area contributed by atoms with Crippen LogP contribution in [0.5, 0.6) is 0 Å². The molecule has 0 radical (unpaired) electrons. The second-order valence-electron chi connectivity index (χ2n) is 5.32. The van der Waals surface area contributed by atoms with Crippen LogP contribution in [0, 0.1) is 0 Å². The number of rotatable bonds is 4. The van der Waals surface area contributed by atoms with Crippen LogP contribution in [-0.2, 0) is 6.42 Å². The molecular formula is C16H22N2. The van der Waals surface area contributed by atoms with Gasteiger partial charge in [0.2, 0.25) is 0 Å². The molecule has 0 bridgehead atoms. The minimum Gasteiger partial charge on any atom is -0.357 e. The van der Waals surface area contributed by atoms with Crippen molar-refractivity contribution in [3.8, 4) is 0 Å². The van der Waals surface area contributed by atoms with Gasteiger partial charge < -0.3 is 10.3 Å². The fourth-order valence-corrected chi connectivity index (χ4v) is 3.07. The molecule has 1 aliphatic carbocycles. The summed E-state index contributed by atoms with van der Waals surface area (Å²) in [6, 6.07) is 9.23. The molecule has 0 aliphatic heterocycles. The standard InChI is InChI=1S/C16H22N2/c1-2-3-11-17-15-10-6-8-13-12-7-4-5-9-14(12)18-16(13)15/h4-5,7,9,15,17-18H,2-3,6,8,10-11H2,1H3. The number of aromatic amines is 1. The molecule has 3 rings (SSSR count). The second kappa shape index (κ2) is 5.15. The monoisotopic (exact) mass is 242 g/mol. The van der Waals surface area contributed by atoms with Crippen molar-refractivity contribution >= 4 is 10.9 Å². The lowest BCUT2D eigenvalue weighted by Gasteiger charge is -2.23.